The monoisotopic (exact) mass is 213 g/mol. The van der Waals surface area contributed by atoms with E-state index >= 15 is 0 Å². The lowest BCUT2D eigenvalue weighted by Crippen LogP contribution is -2.15. The van der Waals surface area contributed by atoms with Crippen molar-refractivity contribution in [1.82, 2.24) is 5.32 Å². The summed E-state index contributed by atoms with van der Waals surface area (Å²) in [5.74, 6) is 0.0786. The Morgan fingerprint density at radius 1 is 1.36 bits per heavy atom. The second kappa shape index (κ2) is 4.28. The Morgan fingerprint density at radius 2 is 2.14 bits per heavy atom. The number of rotatable bonds is 2. The average Bonchev–Trinajstić information content (AvgIpc) is 2.56. The Morgan fingerprint density at radius 3 is 2.79 bits per heavy atom. The number of nitrogens with one attached hydrogen (secondary N) is 1. The van der Waals surface area contributed by atoms with Crippen molar-refractivity contribution in [3.8, 4) is 0 Å². The summed E-state index contributed by atoms with van der Waals surface area (Å²) in [4.78, 5) is 0. The predicted octanol–water partition coefficient (Wildman–Crippen LogP) is 2.44. The highest BCUT2D eigenvalue weighted by molar-refractivity contribution is 6.31. The Bertz CT molecular complexity index is 316. The van der Waals surface area contributed by atoms with Crippen molar-refractivity contribution in [3.63, 3.8) is 0 Å². The molecule has 2 unspecified atom stereocenters. The first-order valence-electron chi connectivity index (χ1n) is 4.85. The van der Waals surface area contributed by atoms with Crippen LogP contribution in [-0.2, 0) is 6.42 Å². The van der Waals surface area contributed by atoms with E-state index in [1.165, 1.54) is 0 Å². The molecular formula is C11H13ClFN. The molecule has 1 aliphatic rings. The third-order valence-corrected chi connectivity index (χ3v) is 3.07. The summed E-state index contributed by atoms with van der Waals surface area (Å²) in [5.41, 5.74) is 1.05. The maximum Gasteiger partial charge on any atom is 0.117 e. The lowest BCUT2D eigenvalue weighted by molar-refractivity contribution is 0.282. The molecule has 0 aliphatic carbocycles. The molecule has 1 N–H and O–H groups in total. The lowest BCUT2D eigenvalue weighted by atomic mass is 9.97. The molecule has 0 bridgehead atoms. The minimum atomic E-state index is -0.730. The van der Waals surface area contributed by atoms with Gasteiger partial charge < -0.3 is 5.32 Å². The highest BCUT2D eigenvalue weighted by Gasteiger charge is 2.26. The molecule has 1 heterocycles. The zero-order valence-electron chi connectivity index (χ0n) is 7.84. The number of benzene rings is 1. The molecular weight excluding hydrogens is 201 g/mol. The molecule has 0 aromatic heterocycles. The molecule has 1 saturated heterocycles. The quantitative estimate of drug-likeness (QED) is 0.796. The summed E-state index contributed by atoms with van der Waals surface area (Å²) >= 11 is 6.01. The van der Waals surface area contributed by atoms with Gasteiger partial charge in [0.05, 0.1) is 0 Å². The molecule has 0 spiro atoms. The zero-order chi connectivity index (χ0) is 9.97. The Kier molecular flexibility index (Phi) is 3.04. The summed E-state index contributed by atoms with van der Waals surface area (Å²) in [6.07, 6.45) is -0.000303. The first-order valence-corrected chi connectivity index (χ1v) is 5.23. The fourth-order valence-corrected chi connectivity index (χ4v) is 2.06. The number of alkyl halides is 1. The summed E-state index contributed by atoms with van der Waals surface area (Å²) < 4.78 is 13.3. The Labute approximate surface area is 88.3 Å². The van der Waals surface area contributed by atoms with Gasteiger partial charge >= 0.3 is 0 Å². The van der Waals surface area contributed by atoms with Gasteiger partial charge in [0.2, 0.25) is 0 Å². The average molecular weight is 214 g/mol. The minimum absolute atomic E-state index is 0.0786. The van der Waals surface area contributed by atoms with Crippen molar-refractivity contribution in [1.29, 1.82) is 0 Å². The highest BCUT2D eigenvalue weighted by atomic mass is 35.5. The second-order valence-electron chi connectivity index (χ2n) is 3.73. The van der Waals surface area contributed by atoms with Gasteiger partial charge in [-0.2, -0.15) is 0 Å². The molecule has 0 radical (unpaired) electrons. The van der Waals surface area contributed by atoms with Crippen molar-refractivity contribution in [2.24, 2.45) is 5.92 Å². The smallest absolute Gasteiger partial charge is 0.117 e. The third-order valence-electron chi connectivity index (χ3n) is 2.70. The number of hydrogen-bond donors (Lipinski definition) is 1. The van der Waals surface area contributed by atoms with Crippen LogP contribution in [0.1, 0.15) is 5.56 Å². The van der Waals surface area contributed by atoms with Gasteiger partial charge in [-0.1, -0.05) is 29.8 Å². The molecule has 2 atom stereocenters. The van der Waals surface area contributed by atoms with Crippen LogP contribution in [0.2, 0.25) is 5.02 Å². The molecule has 1 fully saturated rings. The highest BCUT2D eigenvalue weighted by Crippen LogP contribution is 2.23. The molecule has 2 rings (SSSR count). The first-order chi connectivity index (χ1) is 6.77. The Balaban J connectivity index is 2.07. The predicted molar refractivity (Wildman–Crippen MR) is 56.4 cm³/mol. The summed E-state index contributed by atoms with van der Waals surface area (Å²) in [5, 5.41) is 3.79. The van der Waals surface area contributed by atoms with E-state index in [-0.39, 0.29) is 5.92 Å². The van der Waals surface area contributed by atoms with E-state index in [1.54, 1.807) is 0 Å². The van der Waals surface area contributed by atoms with E-state index in [0.717, 1.165) is 23.6 Å². The second-order valence-corrected chi connectivity index (χ2v) is 4.14. The van der Waals surface area contributed by atoms with Crippen LogP contribution in [0.15, 0.2) is 24.3 Å². The summed E-state index contributed by atoms with van der Waals surface area (Å²) in [6.45, 7) is 1.24. The van der Waals surface area contributed by atoms with Crippen LogP contribution in [0.4, 0.5) is 4.39 Å². The van der Waals surface area contributed by atoms with Crippen molar-refractivity contribution in [2.75, 3.05) is 13.1 Å². The molecule has 1 nitrogen and oxygen atoms in total. The van der Waals surface area contributed by atoms with Crippen LogP contribution in [0.3, 0.4) is 0 Å². The Hall–Kier alpha value is -0.600. The molecule has 0 amide bonds. The van der Waals surface area contributed by atoms with E-state index in [1.807, 2.05) is 24.3 Å². The number of hydrogen-bond acceptors (Lipinski definition) is 1. The van der Waals surface area contributed by atoms with Crippen LogP contribution in [0.25, 0.3) is 0 Å². The van der Waals surface area contributed by atoms with Gasteiger partial charge in [-0.15, -0.1) is 0 Å². The molecule has 76 valence electrons. The normalized spacial score (nSPS) is 26.7. The summed E-state index contributed by atoms with van der Waals surface area (Å²) in [6, 6.07) is 7.66. The van der Waals surface area contributed by atoms with E-state index in [2.05, 4.69) is 5.32 Å². The zero-order valence-corrected chi connectivity index (χ0v) is 8.60. The number of halogens is 2. The van der Waals surface area contributed by atoms with Crippen LogP contribution in [0, 0.1) is 5.92 Å². The SMILES string of the molecule is FC1CNCC1Cc1ccccc1Cl. The van der Waals surface area contributed by atoms with Gasteiger partial charge in [-0.3, -0.25) is 0 Å². The van der Waals surface area contributed by atoms with Crippen molar-refractivity contribution >= 4 is 11.6 Å². The fraction of sp³-hybridized carbons (Fsp3) is 0.455. The van der Waals surface area contributed by atoms with Gasteiger partial charge in [0.15, 0.2) is 0 Å². The van der Waals surface area contributed by atoms with Crippen LogP contribution < -0.4 is 5.32 Å². The van der Waals surface area contributed by atoms with E-state index in [0.29, 0.717) is 6.54 Å². The largest absolute Gasteiger partial charge is 0.313 e. The van der Waals surface area contributed by atoms with Crippen molar-refractivity contribution in [2.45, 2.75) is 12.6 Å². The van der Waals surface area contributed by atoms with E-state index < -0.39 is 6.17 Å². The van der Waals surface area contributed by atoms with Gasteiger partial charge in [0.25, 0.3) is 0 Å². The standard InChI is InChI=1S/C11H13ClFN/c12-10-4-2-1-3-8(10)5-9-6-14-7-11(9)13/h1-4,9,11,14H,5-7H2. The maximum atomic E-state index is 13.3. The van der Waals surface area contributed by atoms with Crippen molar-refractivity contribution < 1.29 is 4.39 Å². The van der Waals surface area contributed by atoms with Crippen LogP contribution in [0.5, 0.6) is 0 Å². The molecule has 1 aromatic carbocycles. The van der Waals surface area contributed by atoms with Crippen LogP contribution >= 0.6 is 11.6 Å². The van der Waals surface area contributed by atoms with Gasteiger partial charge in [-0.25, -0.2) is 4.39 Å². The lowest BCUT2D eigenvalue weighted by Gasteiger charge is -2.12. The van der Waals surface area contributed by atoms with Crippen molar-refractivity contribution in [3.05, 3.63) is 34.9 Å². The molecule has 0 saturated carbocycles. The van der Waals surface area contributed by atoms with E-state index in [4.69, 9.17) is 11.6 Å². The fourth-order valence-electron chi connectivity index (χ4n) is 1.85. The molecule has 14 heavy (non-hydrogen) atoms. The van der Waals surface area contributed by atoms with E-state index in [9.17, 15) is 4.39 Å². The topological polar surface area (TPSA) is 12.0 Å². The van der Waals surface area contributed by atoms with Gasteiger partial charge in [0, 0.05) is 24.0 Å². The molecule has 1 aromatic rings. The molecule has 3 heteroatoms. The maximum absolute atomic E-state index is 13.3. The first kappa shape index (κ1) is 9.94. The summed E-state index contributed by atoms with van der Waals surface area (Å²) in [7, 11) is 0. The van der Waals surface area contributed by atoms with Gasteiger partial charge in [-0.05, 0) is 18.1 Å². The minimum Gasteiger partial charge on any atom is -0.313 e. The molecule has 1 aliphatic heterocycles. The van der Waals surface area contributed by atoms with Gasteiger partial charge in [0.1, 0.15) is 6.17 Å². The van der Waals surface area contributed by atoms with Crippen LogP contribution in [-0.4, -0.2) is 19.3 Å². The third kappa shape index (κ3) is 2.07.